The van der Waals surface area contributed by atoms with Crippen molar-refractivity contribution in [3.8, 4) is 11.5 Å². The van der Waals surface area contributed by atoms with E-state index in [-0.39, 0.29) is 5.92 Å². The van der Waals surface area contributed by atoms with Crippen LogP contribution in [0.3, 0.4) is 0 Å². The Balaban J connectivity index is 2.24. The first-order valence-electron chi connectivity index (χ1n) is 7.57. The summed E-state index contributed by atoms with van der Waals surface area (Å²) in [4.78, 5) is 8.96. The fourth-order valence-corrected chi connectivity index (χ4v) is 2.57. The second kappa shape index (κ2) is 6.80. The Bertz CT molecular complexity index is 594. The largest absolute Gasteiger partial charge is 0.339 e. The number of hydrogen-bond donors (Lipinski definition) is 1. The number of aromatic nitrogens is 3. The number of hydrogen-bond acceptors (Lipinski definition) is 5. The topological polar surface area (TPSA) is 63.8 Å². The second-order valence-corrected chi connectivity index (χ2v) is 5.50. The Labute approximate surface area is 126 Å². The van der Waals surface area contributed by atoms with Crippen molar-refractivity contribution in [3.05, 3.63) is 29.3 Å². The molecule has 2 unspecified atom stereocenters. The van der Waals surface area contributed by atoms with Crippen molar-refractivity contribution >= 4 is 0 Å². The van der Waals surface area contributed by atoms with E-state index in [9.17, 15) is 0 Å². The summed E-state index contributed by atoms with van der Waals surface area (Å²) in [6, 6.07) is 2.42. The smallest absolute Gasteiger partial charge is 0.231 e. The normalized spacial score (nSPS) is 14.1. The highest BCUT2D eigenvalue weighted by Gasteiger charge is 2.23. The van der Waals surface area contributed by atoms with E-state index < -0.39 is 0 Å². The Hall–Kier alpha value is -1.75. The summed E-state index contributed by atoms with van der Waals surface area (Å²) in [5.74, 6) is 1.42. The molecule has 2 atom stereocenters. The average molecular weight is 288 g/mol. The molecule has 0 radical (unpaired) electrons. The zero-order chi connectivity index (χ0) is 15.4. The van der Waals surface area contributed by atoms with Crippen LogP contribution in [0.1, 0.15) is 50.1 Å². The molecule has 2 aromatic heterocycles. The lowest BCUT2D eigenvalue weighted by atomic mass is 9.99. The maximum Gasteiger partial charge on any atom is 0.231 e. The lowest BCUT2D eigenvalue weighted by Gasteiger charge is -2.20. The third-order valence-electron chi connectivity index (χ3n) is 3.77. The Morgan fingerprint density at radius 2 is 2.05 bits per heavy atom. The predicted octanol–water partition coefficient (Wildman–Crippen LogP) is 3.24. The van der Waals surface area contributed by atoms with Gasteiger partial charge in [0.2, 0.25) is 11.7 Å². The molecule has 0 aliphatic heterocycles. The maximum atomic E-state index is 5.45. The van der Waals surface area contributed by atoms with Gasteiger partial charge in [0.05, 0.1) is 5.92 Å². The number of likely N-dealkylation sites (N-methyl/N-ethyl adjacent to an activating group) is 1. The van der Waals surface area contributed by atoms with Crippen LogP contribution in [0.4, 0.5) is 0 Å². The molecule has 0 saturated heterocycles. The van der Waals surface area contributed by atoms with E-state index in [2.05, 4.69) is 47.3 Å². The van der Waals surface area contributed by atoms with Crippen LogP contribution in [0.15, 0.2) is 16.8 Å². The molecule has 5 heteroatoms. The van der Waals surface area contributed by atoms with Gasteiger partial charge in [-0.05, 0) is 37.9 Å². The molecule has 0 amide bonds. The second-order valence-electron chi connectivity index (χ2n) is 5.50. The highest BCUT2D eigenvalue weighted by atomic mass is 16.5. The van der Waals surface area contributed by atoms with Gasteiger partial charge in [-0.1, -0.05) is 32.0 Å². The average Bonchev–Trinajstić information content (AvgIpc) is 2.93. The third-order valence-corrected chi connectivity index (χ3v) is 3.77. The van der Waals surface area contributed by atoms with Gasteiger partial charge in [0, 0.05) is 12.2 Å². The summed E-state index contributed by atoms with van der Waals surface area (Å²) in [6.07, 6.45) is 2.85. The number of nitrogens with zero attached hydrogens (tertiary/aromatic N) is 3. The van der Waals surface area contributed by atoms with Gasteiger partial charge in [-0.25, -0.2) is 0 Å². The summed E-state index contributed by atoms with van der Waals surface area (Å²) in [6.45, 7) is 11.4. The van der Waals surface area contributed by atoms with Crippen LogP contribution in [-0.2, 0) is 0 Å². The molecule has 114 valence electrons. The summed E-state index contributed by atoms with van der Waals surface area (Å²) in [7, 11) is 0. The number of aryl methyl sites for hydroxylation is 2. The minimum absolute atomic E-state index is 0.182. The molecule has 1 N–H and O–H groups in total. The van der Waals surface area contributed by atoms with Gasteiger partial charge in [-0.15, -0.1) is 0 Å². The molecule has 2 heterocycles. The molecule has 0 fully saturated rings. The summed E-state index contributed by atoms with van der Waals surface area (Å²) in [5, 5.41) is 7.55. The molecule has 0 saturated carbocycles. The molecular formula is C16H24N4O. The van der Waals surface area contributed by atoms with Crippen molar-refractivity contribution in [2.45, 2.75) is 53.0 Å². The monoisotopic (exact) mass is 288 g/mol. The van der Waals surface area contributed by atoms with Crippen molar-refractivity contribution in [2.75, 3.05) is 6.54 Å². The summed E-state index contributed by atoms with van der Waals surface area (Å²) >= 11 is 0. The first kappa shape index (κ1) is 15.6. The van der Waals surface area contributed by atoms with Crippen molar-refractivity contribution in [2.24, 2.45) is 0 Å². The quantitative estimate of drug-likeness (QED) is 0.884. The molecular weight excluding hydrogens is 264 g/mol. The summed E-state index contributed by atoms with van der Waals surface area (Å²) < 4.78 is 5.45. The lowest BCUT2D eigenvalue weighted by Crippen LogP contribution is -2.33. The van der Waals surface area contributed by atoms with Crippen molar-refractivity contribution < 1.29 is 4.52 Å². The Morgan fingerprint density at radius 3 is 2.67 bits per heavy atom. The first-order valence-corrected chi connectivity index (χ1v) is 7.57. The molecule has 0 bridgehead atoms. The van der Waals surface area contributed by atoms with Gasteiger partial charge >= 0.3 is 0 Å². The molecule has 0 spiro atoms. The van der Waals surface area contributed by atoms with Crippen LogP contribution >= 0.6 is 0 Å². The summed E-state index contributed by atoms with van der Waals surface area (Å²) in [5.41, 5.74) is 2.99. The number of nitrogens with one attached hydrogen (secondary N) is 1. The maximum absolute atomic E-state index is 5.45. The Kier molecular flexibility index (Phi) is 5.07. The van der Waals surface area contributed by atoms with Crippen molar-refractivity contribution in [1.29, 1.82) is 0 Å². The Morgan fingerprint density at radius 1 is 1.29 bits per heavy atom. The standard InChI is InChI=1S/C16H24N4O/c1-6-13(17-7-2)12(5)16-19-15(20-21-16)14-11(4)8-10(3)9-18-14/h8-9,12-13,17H,6-7H2,1-5H3. The molecule has 5 nitrogen and oxygen atoms in total. The van der Waals surface area contributed by atoms with E-state index in [1.807, 2.05) is 20.0 Å². The van der Waals surface area contributed by atoms with Crippen LogP contribution in [0.25, 0.3) is 11.5 Å². The minimum atomic E-state index is 0.182. The first-order chi connectivity index (χ1) is 10.1. The van der Waals surface area contributed by atoms with Crippen LogP contribution in [0.5, 0.6) is 0 Å². The van der Waals surface area contributed by atoms with Gasteiger partial charge in [0.15, 0.2) is 0 Å². The highest BCUT2D eigenvalue weighted by Crippen LogP contribution is 2.24. The van der Waals surface area contributed by atoms with Crippen molar-refractivity contribution in [1.82, 2.24) is 20.4 Å². The van der Waals surface area contributed by atoms with Crippen molar-refractivity contribution in [3.63, 3.8) is 0 Å². The van der Waals surface area contributed by atoms with E-state index >= 15 is 0 Å². The number of pyridine rings is 1. The zero-order valence-electron chi connectivity index (χ0n) is 13.5. The van der Waals surface area contributed by atoms with E-state index in [4.69, 9.17) is 4.52 Å². The SMILES string of the molecule is CCNC(CC)C(C)c1nc(-c2ncc(C)cc2C)no1. The fourth-order valence-electron chi connectivity index (χ4n) is 2.57. The molecule has 2 rings (SSSR count). The molecule has 0 aliphatic carbocycles. The number of rotatable bonds is 6. The van der Waals surface area contributed by atoms with Crippen LogP contribution in [0.2, 0.25) is 0 Å². The highest BCUT2D eigenvalue weighted by molar-refractivity contribution is 5.54. The van der Waals surface area contributed by atoms with E-state index in [0.717, 1.165) is 29.8 Å². The fraction of sp³-hybridized carbons (Fsp3) is 0.562. The molecule has 0 aliphatic rings. The van der Waals surface area contributed by atoms with Gasteiger partial charge in [0.1, 0.15) is 5.69 Å². The van der Waals surface area contributed by atoms with E-state index in [1.54, 1.807) is 0 Å². The minimum Gasteiger partial charge on any atom is -0.339 e. The molecule has 21 heavy (non-hydrogen) atoms. The van der Waals surface area contributed by atoms with E-state index in [1.165, 1.54) is 0 Å². The van der Waals surface area contributed by atoms with Crippen LogP contribution in [0, 0.1) is 13.8 Å². The van der Waals surface area contributed by atoms with Crippen LogP contribution < -0.4 is 5.32 Å². The van der Waals surface area contributed by atoms with Gasteiger partial charge < -0.3 is 9.84 Å². The zero-order valence-corrected chi connectivity index (χ0v) is 13.5. The van der Waals surface area contributed by atoms with Gasteiger partial charge in [-0.3, -0.25) is 4.98 Å². The lowest BCUT2D eigenvalue weighted by molar-refractivity contribution is 0.321. The third kappa shape index (κ3) is 3.47. The van der Waals surface area contributed by atoms with Crippen LogP contribution in [-0.4, -0.2) is 27.7 Å². The molecule has 2 aromatic rings. The predicted molar refractivity (Wildman–Crippen MR) is 83.2 cm³/mol. The van der Waals surface area contributed by atoms with Gasteiger partial charge in [-0.2, -0.15) is 4.98 Å². The van der Waals surface area contributed by atoms with Gasteiger partial charge in [0.25, 0.3) is 0 Å². The van der Waals surface area contributed by atoms with E-state index in [0.29, 0.717) is 17.8 Å². The molecule has 0 aromatic carbocycles.